The van der Waals surface area contributed by atoms with Gasteiger partial charge in [0.1, 0.15) is 6.17 Å². The van der Waals surface area contributed by atoms with Gasteiger partial charge in [-0.15, -0.1) is 0 Å². The molecule has 1 aliphatic heterocycles. The quantitative estimate of drug-likeness (QED) is 0.912. The summed E-state index contributed by atoms with van der Waals surface area (Å²) in [4.78, 5) is 14.9. The first-order chi connectivity index (χ1) is 9.80. The van der Waals surface area contributed by atoms with Crippen LogP contribution in [0, 0.1) is 5.92 Å². The van der Waals surface area contributed by atoms with E-state index >= 15 is 0 Å². The van der Waals surface area contributed by atoms with E-state index in [0.29, 0.717) is 10.9 Å². The predicted molar refractivity (Wildman–Crippen MR) is 87.2 cm³/mol. The average molecular weight is 309 g/mol. The third-order valence-electron chi connectivity index (χ3n) is 4.72. The minimum absolute atomic E-state index is 0.112. The lowest BCUT2D eigenvalue weighted by molar-refractivity contribution is -0.135. The highest BCUT2D eigenvalue weighted by molar-refractivity contribution is 6.30. The van der Waals surface area contributed by atoms with Crippen molar-refractivity contribution in [3.63, 3.8) is 0 Å². The van der Waals surface area contributed by atoms with Crippen LogP contribution in [0.3, 0.4) is 0 Å². The maximum Gasteiger partial charge on any atom is 0.244 e. The van der Waals surface area contributed by atoms with Crippen molar-refractivity contribution in [1.29, 1.82) is 0 Å². The summed E-state index contributed by atoms with van der Waals surface area (Å²) in [6, 6.07) is 7.93. The van der Waals surface area contributed by atoms with E-state index in [2.05, 4.69) is 26.1 Å². The Balaban J connectivity index is 2.44. The first kappa shape index (κ1) is 16.3. The van der Waals surface area contributed by atoms with E-state index in [1.54, 1.807) is 0 Å². The fraction of sp³-hybridized carbons (Fsp3) is 0.588. The molecule has 21 heavy (non-hydrogen) atoms. The van der Waals surface area contributed by atoms with Crippen LogP contribution in [-0.2, 0) is 4.79 Å². The normalized spacial score (nSPS) is 27.5. The van der Waals surface area contributed by atoms with Crippen LogP contribution in [0.25, 0.3) is 0 Å². The fourth-order valence-electron chi connectivity index (χ4n) is 2.75. The van der Waals surface area contributed by atoms with Crippen LogP contribution in [0.4, 0.5) is 0 Å². The van der Waals surface area contributed by atoms with Crippen LogP contribution in [0.15, 0.2) is 24.3 Å². The highest BCUT2D eigenvalue weighted by Gasteiger charge is 2.49. The second kappa shape index (κ2) is 5.98. The monoisotopic (exact) mass is 308 g/mol. The molecule has 0 aliphatic carbocycles. The molecule has 0 bridgehead atoms. The Morgan fingerprint density at radius 2 is 2.05 bits per heavy atom. The first-order valence-corrected chi connectivity index (χ1v) is 8.04. The van der Waals surface area contributed by atoms with Crippen molar-refractivity contribution < 1.29 is 4.79 Å². The van der Waals surface area contributed by atoms with E-state index < -0.39 is 5.54 Å². The zero-order chi connectivity index (χ0) is 15.8. The Hall–Kier alpha value is -1.06. The Labute approximate surface area is 132 Å². The summed E-state index contributed by atoms with van der Waals surface area (Å²) in [5, 5.41) is 4.21. The molecule has 0 spiro atoms. The molecule has 0 radical (unpaired) electrons. The molecule has 1 aromatic rings. The molecule has 3 unspecified atom stereocenters. The Morgan fingerprint density at radius 3 is 2.57 bits per heavy atom. The van der Waals surface area contributed by atoms with Gasteiger partial charge < -0.3 is 4.90 Å². The summed E-state index contributed by atoms with van der Waals surface area (Å²) in [5.74, 6) is 0.577. The molecule has 1 amide bonds. The molecule has 1 heterocycles. The molecule has 3 atom stereocenters. The van der Waals surface area contributed by atoms with Crippen molar-refractivity contribution in [2.24, 2.45) is 5.92 Å². The maximum absolute atomic E-state index is 12.9. The number of rotatable bonds is 4. The lowest BCUT2D eigenvalue weighted by Crippen LogP contribution is -2.45. The maximum atomic E-state index is 12.9. The predicted octanol–water partition coefficient (Wildman–Crippen LogP) is 3.98. The van der Waals surface area contributed by atoms with E-state index in [1.807, 2.05) is 43.0 Å². The number of carbonyl (C=O) groups is 1. The number of nitrogens with one attached hydrogen (secondary N) is 1. The highest BCUT2D eigenvalue weighted by Crippen LogP contribution is 2.36. The Bertz CT molecular complexity index is 531. The van der Waals surface area contributed by atoms with Gasteiger partial charge in [0.15, 0.2) is 0 Å². The van der Waals surface area contributed by atoms with Crippen molar-refractivity contribution in [1.82, 2.24) is 10.2 Å². The van der Waals surface area contributed by atoms with E-state index in [-0.39, 0.29) is 18.1 Å². The van der Waals surface area contributed by atoms with Crippen molar-refractivity contribution in [3.8, 4) is 0 Å². The number of halogens is 1. The summed E-state index contributed by atoms with van der Waals surface area (Å²) in [5.41, 5.74) is 0.538. The minimum atomic E-state index is -0.504. The molecule has 4 heteroatoms. The van der Waals surface area contributed by atoms with E-state index in [1.165, 1.54) is 0 Å². The largest absolute Gasteiger partial charge is 0.318 e. The van der Waals surface area contributed by atoms with Gasteiger partial charge in [-0.3, -0.25) is 10.1 Å². The number of nitrogens with zero attached hydrogens (tertiary/aromatic N) is 1. The molecule has 0 saturated carbocycles. The van der Waals surface area contributed by atoms with Gasteiger partial charge in [-0.2, -0.15) is 0 Å². The van der Waals surface area contributed by atoms with Gasteiger partial charge in [-0.1, -0.05) is 44.5 Å². The molecule has 116 valence electrons. The average Bonchev–Trinajstić information content (AvgIpc) is 2.71. The topological polar surface area (TPSA) is 32.3 Å². The molecule has 1 saturated heterocycles. The molecular formula is C17H25ClN2O. The van der Waals surface area contributed by atoms with Crippen LogP contribution in [-0.4, -0.2) is 22.4 Å². The van der Waals surface area contributed by atoms with Crippen LogP contribution in [0.2, 0.25) is 5.02 Å². The SMILES string of the molecule is CCC1(C)NC(c2cccc(Cl)c2)N(C(C)C(C)C)C1=O. The minimum Gasteiger partial charge on any atom is -0.318 e. The second-order valence-corrected chi connectivity index (χ2v) is 6.92. The number of amides is 1. The molecule has 1 N–H and O–H groups in total. The van der Waals surface area contributed by atoms with Gasteiger partial charge in [0.2, 0.25) is 5.91 Å². The third kappa shape index (κ3) is 2.95. The molecule has 1 aromatic carbocycles. The van der Waals surface area contributed by atoms with Gasteiger partial charge >= 0.3 is 0 Å². The van der Waals surface area contributed by atoms with E-state index in [9.17, 15) is 4.79 Å². The lowest BCUT2D eigenvalue weighted by Gasteiger charge is -2.33. The molecular weight excluding hydrogens is 284 g/mol. The molecule has 1 fully saturated rings. The Morgan fingerprint density at radius 1 is 1.38 bits per heavy atom. The van der Waals surface area contributed by atoms with Gasteiger partial charge in [-0.25, -0.2) is 0 Å². The van der Waals surface area contributed by atoms with E-state index in [4.69, 9.17) is 11.6 Å². The Kier molecular flexibility index (Phi) is 4.64. The number of benzene rings is 1. The standard InChI is InChI=1S/C17H25ClN2O/c1-6-17(5)16(21)20(12(4)11(2)3)15(19-17)13-8-7-9-14(18)10-13/h7-12,15,19H,6H2,1-5H3. The number of hydrogen-bond donors (Lipinski definition) is 1. The second-order valence-electron chi connectivity index (χ2n) is 6.48. The van der Waals surface area contributed by atoms with Gasteiger partial charge in [-0.05, 0) is 43.9 Å². The van der Waals surface area contributed by atoms with Crippen molar-refractivity contribution in [2.45, 2.75) is 58.8 Å². The van der Waals surface area contributed by atoms with Crippen molar-refractivity contribution >= 4 is 17.5 Å². The number of carbonyl (C=O) groups excluding carboxylic acids is 1. The third-order valence-corrected chi connectivity index (χ3v) is 4.95. The summed E-state index contributed by atoms with van der Waals surface area (Å²) in [6.07, 6.45) is 0.656. The molecule has 1 aliphatic rings. The summed E-state index contributed by atoms with van der Waals surface area (Å²) >= 11 is 6.12. The molecule has 3 nitrogen and oxygen atoms in total. The zero-order valence-corrected chi connectivity index (χ0v) is 14.2. The molecule has 2 rings (SSSR count). The zero-order valence-electron chi connectivity index (χ0n) is 13.5. The number of hydrogen-bond acceptors (Lipinski definition) is 2. The van der Waals surface area contributed by atoms with Gasteiger partial charge in [0.05, 0.1) is 5.54 Å². The van der Waals surface area contributed by atoms with Crippen LogP contribution >= 0.6 is 11.6 Å². The first-order valence-electron chi connectivity index (χ1n) is 7.66. The van der Waals surface area contributed by atoms with Crippen LogP contribution < -0.4 is 5.32 Å². The smallest absolute Gasteiger partial charge is 0.244 e. The van der Waals surface area contributed by atoms with Gasteiger partial charge in [0.25, 0.3) is 0 Å². The summed E-state index contributed by atoms with van der Waals surface area (Å²) in [7, 11) is 0. The highest BCUT2D eigenvalue weighted by atomic mass is 35.5. The summed E-state index contributed by atoms with van der Waals surface area (Å²) in [6.45, 7) is 10.4. The van der Waals surface area contributed by atoms with Gasteiger partial charge in [0, 0.05) is 11.1 Å². The fourth-order valence-corrected chi connectivity index (χ4v) is 2.95. The summed E-state index contributed by atoms with van der Waals surface area (Å²) < 4.78 is 0. The van der Waals surface area contributed by atoms with E-state index in [0.717, 1.165) is 12.0 Å². The lowest BCUT2D eigenvalue weighted by atomic mass is 9.97. The van der Waals surface area contributed by atoms with Crippen LogP contribution in [0.5, 0.6) is 0 Å². The van der Waals surface area contributed by atoms with Crippen molar-refractivity contribution in [2.75, 3.05) is 0 Å². The van der Waals surface area contributed by atoms with Crippen molar-refractivity contribution in [3.05, 3.63) is 34.9 Å². The molecule has 0 aromatic heterocycles. The van der Waals surface area contributed by atoms with Crippen LogP contribution in [0.1, 0.15) is 52.8 Å².